The second-order valence-electron chi connectivity index (χ2n) is 4.56. The molecule has 0 spiro atoms. The van der Waals surface area contributed by atoms with Crippen LogP contribution in [0.2, 0.25) is 5.02 Å². The van der Waals surface area contributed by atoms with Crippen LogP contribution in [0.5, 0.6) is 5.75 Å². The summed E-state index contributed by atoms with van der Waals surface area (Å²) in [6.45, 7) is 0. The van der Waals surface area contributed by atoms with Gasteiger partial charge in [-0.3, -0.25) is 4.98 Å². The average molecular weight is 345 g/mol. The van der Waals surface area contributed by atoms with E-state index in [1.165, 1.54) is 11.3 Å². The van der Waals surface area contributed by atoms with E-state index < -0.39 is 0 Å². The Morgan fingerprint density at radius 3 is 2.91 bits per heavy atom. The molecule has 0 radical (unpaired) electrons. The average Bonchev–Trinajstić information content (AvgIpc) is 3.16. The number of hydrogen-bond acceptors (Lipinski definition) is 7. The molecule has 0 atom stereocenters. The Bertz CT molecular complexity index is 984. The summed E-state index contributed by atoms with van der Waals surface area (Å²) in [5.41, 5.74) is 1.41. The van der Waals surface area contributed by atoms with Gasteiger partial charge in [-0.2, -0.15) is 9.61 Å². The highest BCUT2D eigenvalue weighted by Crippen LogP contribution is 2.35. The number of halogens is 1. The van der Waals surface area contributed by atoms with Crippen molar-refractivity contribution < 1.29 is 4.74 Å². The van der Waals surface area contributed by atoms with Crippen molar-refractivity contribution in [3.63, 3.8) is 0 Å². The number of fused-ring (bicyclic) bond motifs is 1. The number of rotatable bonds is 3. The van der Waals surface area contributed by atoms with Crippen LogP contribution < -0.4 is 4.74 Å². The molecule has 0 saturated carbocycles. The molecule has 23 heavy (non-hydrogen) atoms. The van der Waals surface area contributed by atoms with Crippen molar-refractivity contribution in [1.82, 2.24) is 29.8 Å². The summed E-state index contributed by atoms with van der Waals surface area (Å²) in [5.74, 6) is 1.23. The number of ether oxygens (including phenoxy) is 1. The molecule has 0 saturated heterocycles. The van der Waals surface area contributed by atoms with Crippen molar-refractivity contribution in [2.24, 2.45) is 0 Å². The summed E-state index contributed by atoms with van der Waals surface area (Å²) in [7, 11) is 1.61. The Morgan fingerprint density at radius 2 is 2.13 bits per heavy atom. The third-order valence-corrected chi connectivity index (χ3v) is 4.34. The summed E-state index contributed by atoms with van der Waals surface area (Å²) in [5, 5.41) is 14.2. The van der Waals surface area contributed by atoms with E-state index in [1.54, 1.807) is 36.3 Å². The minimum absolute atomic E-state index is 0.539. The van der Waals surface area contributed by atoms with E-state index in [9.17, 15) is 0 Å². The molecule has 9 heteroatoms. The van der Waals surface area contributed by atoms with E-state index in [0.29, 0.717) is 27.3 Å². The van der Waals surface area contributed by atoms with E-state index in [0.717, 1.165) is 10.6 Å². The zero-order chi connectivity index (χ0) is 15.8. The second-order valence-corrected chi connectivity index (χ2v) is 5.95. The normalized spacial score (nSPS) is 11.0. The minimum Gasteiger partial charge on any atom is -0.496 e. The lowest BCUT2D eigenvalue weighted by atomic mass is 10.2. The smallest absolute Gasteiger partial charge is 0.235 e. The number of benzene rings is 1. The summed E-state index contributed by atoms with van der Waals surface area (Å²) >= 11 is 7.49. The molecule has 0 fully saturated rings. The zero-order valence-corrected chi connectivity index (χ0v) is 13.4. The molecule has 4 aromatic rings. The van der Waals surface area contributed by atoms with E-state index in [2.05, 4.69) is 25.3 Å². The molecule has 0 aliphatic heterocycles. The van der Waals surface area contributed by atoms with Gasteiger partial charge in [0.15, 0.2) is 5.01 Å². The van der Waals surface area contributed by atoms with Crippen LogP contribution in [0, 0.1) is 0 Å². The molecular formula is C14H9ClN6OS. The topological polar surface area (TPSA) is 78.1 Å². The molecule has 3 aromatic heterocycles. The lowest BCUT2D eigenvalue weighted by molar-refractivity contribution is 0.416. The molecule has 4 rings (SSSR count). The van der Waals surface area contributed by atoms with Gasteiger partial charge in [-0.1, -0.05) is 22.9 Å². The molecule has 0 N–H and O–H groups in total. The highest BCUT2D eigenvalue weighted by atomic mass is 35.5. The van der Waals surface area contributed by atoms with Gasteiger partial charge >= 0.3 is 0 Å². The Hall–Kier alpha value is -2.58. The number of nitrogens with zero attached hydrogens (tertiary/aromatic N) is 6. The fraction of sp³-hybridized carbons (Fsp3) is 0.0714. The van der Waals surface area contributed by atoms with Gasteiger partial charge in [0.25, 0.3) is 0 Å². The lowest BCUT2D eigenvalue weighted by Crippen LogP contribution is -1.94. The van der Waals surface area contributed by atoms with Crippen molar-refractivity contribution in [2.45, 2.75) is 0 Å². The van der Waals surface area contributed by atoms with Crippen molar-refractivity contribution in [3.05, 3.63) is 41.8 Å². The van der Waals surface area contributed by atoms with Gasteiger partial charge < -0.3 is 4.74 Å². The Balaban J connectivity index is 1.88. The van der Waals surface area contributed by atoms with E-state index in [1.807, 2.05) is 12.1 Å². The van der Waals surface area contributed by atoms with Gasteiger partial charge in [-0.25, -0.2) is 4.98 Å². The highest BCUT2D eigenvalue weighted by molar-refractivity contribution is 7.19. The summed E-state index contributed by atoms with van der Waals surface area (Å²) in [6, 6.07) is 5.40. The largest absolute Gasteiger partial charge is 0.496 e. The summed E-state index contributed by atoms with van der Waals surface area (Å²) in [4.78, 5) is 8.94. The summed E-state index contributed by atoms with van der Waals surface area (Å²) < 4.78 is 7.03. The number of hydrogen-bond donors (Lipinski definition) is 0. The predicted octanol–water partition coefficient (Wildman–Crippen LogP) is 2.97. The van der Waals surface area contributed by atoms with Crippen LogP contribution >= 0.6 is 22.9 Å². The molecular weight excluding hydrogens is 336 g/mol. The van der Waals surface area contributed by atoms with Crippen LogP contribution in [-0.2, 0) is 0 Å². The van der Waals surface area contributed by atoms with Crippen LogP contribution in [0.15, 0.2) is 36.8 Å². The molecule has 0 unspecified atom stereocenters. The quantitative estimate of drug-likeness (QED) is 0.568. The van der Waals surface area contributed by atoms with Crippen LogP contribution in [0.1, 0.15) is 0 Å². The van der Waals surface area contributed by atoms with E-state index in [-0.39, 0.29) is 0 Å². The first kappa shape index (κ1) is 14.0. The third-order valence-electron chi connectivity index (χ3n) is 3.18. The molecule has 0 bridgehead atoms. The maximum absolute atomic E-state index is 6.09. The Kier molecular flexibility index (Phi) is 3.40. The first-order valence-corrected chi connectivity index (χ1v) is 7.78. The molecule has 0 aliphatic carbocycles. The molecule has 3 heterocycles. The maximum Gasteiger partial charge on any atom is 0.235 e. The fourth-order valence-corrected chi connectivity index (χ4v) is 3.18. The van der Waals surface area contributed by atoms with Crippen LogP contribution in [0.25, 0.3) is 27.1 Å². The molecule has 0 aliphatic rings. The monoisotopic (exact) mass is 344 g/mol. The third kappa shape index (κ3) is 2.41. The Labute approximate surface area is 139 Å². The molecule has 0 amide bonds. The van der Waals surface area contributed by atoms with Gasteiger partial charge in [0.05, 0.1) is 18.9 Å². The Morgan fingerprint density at radius 1 is 1.22 bits per heavy atom. The van der Waals surface area contributed by atoms with Crippen LogP contribution in [0.4, 0.5) is 0 Å². The van der Waals surface area contributed by atoms with Gasteiger partial charge in [-0.15, -0.1) is 10.2 Å². The molecule has 1 aromatic carbocycles. The van der Waals surface area contributed by atoms with Gasteiger partial charge in [0, 0.05) is 17.4 Å². The van der Waals surface area contributed by atoms with Crippen LogP contribution in [0.3, 0.4) is 0 Å². The first-order valence-electron chi connectivity index (χ1n) is 6.59. The van der Waals surface area contributed by atoms with Gasteiger partial charge in [-0.05, 0) is 18.2 Å². The lowest BCUT2D eigenvalue weighted by Gasteiger charge is -2.05. The zero-order valence-electron chi connectivity index (χ0n) is 11.8. The van der Waals surface area contributed by atoms with Gasteiger partial charge in [0.2, 0.25) is 10.8 Å². The summed E-state index contributed by atoms with van der Waals surface area (Å²) in [6.07, 6.45) is 4.82. The van der Waals surface area contributed by atoms with E-state index >= 15 is 0 Å². The van der Waals surface area contributed by atoms with Crippen molar-refractivity contribution in [2.75, 3.05) is 7.11 Å². The standard InChI is InChI=1S/C14H9ClN6OS/c1-22-11-3-2-8(15)6-9(11)13-20-21-12(18-19-14(21)23-13)10-7-16-4-5-17-10/h2-7H,1H3. The van der Waals surface area contributed by atoms with Crippen LogP contribution in [-0.4, -0.2) is 36.9 Å². The number of aromatic nitrogens is 6. The predicted molar refractivity (Wildman–Crippen MR) is 86.7 cm³/mol. The second kappa shape index (κ2) is 5.56. The molecule has 114 valence electrons. The van der Waals surface area contributed by atoms with E-state index in [4.69, 9.17) is 16.3 Å². The fourth-order valence-electron chi connectivity index (χ4n) is 2.15. The van der Waals surface area contributed by atoms with Crippen molar-refractivity contribution in [1.29, 1.82) is 0 Å². The van der Waals surface area contributed by atoms with Crippen molar-refractivity contribution in [3.8, 4) is 27.8 Å². The number of methoxy groups -OCH3 is 1. The van der Waals surface area contributed by atoms with Gasteiger partial charge in [0.1, 0.15) is 11.4 Å². The maximum atomic E-state index is 6.09. The SMILES string of the molecule is COc1ccc(Cl)cc1-c1nn2c(-c3cnccn3)nnc2s1. The molecule has 7 nitrogen and oxygen atoms in total. The highest BCUT2D eigenvalue weighted by Gasteiger charge is 2.17. The minimum atomic E-state index is 0.539. The van der Waals surface area contributed by atoms with Crippen molar-refractivity contribution >= 4 is 27.9 Å². The first-order chi connectivity index (χ1) is 11.3.